The second kappa shape index (κ2) is 7.73. The van der Waals surface area contributed by atoms with Gasteiger partial charge in [0.25, 0.3) is 0 Å². The van der Waals surface area contributed by atoms with Crippen molar-refractivity contribution in [2.45, 2.75) is 46.5 Å². The van der Waals surface area contributed by atoms with Crippen LogP contribution < -0.4 is 0 Å². The molecule has 0 saturated carbocycles. The highest BCUT2D eigenvalue weighted by molar-refractivity contribution is 6.00. The normalized spacial score (nSPS) is 11.4. The Kier molecular flexibility index (Phi) is 6.27. The van der Waals surface area contributed by atoms with Gasteiger partial charge in [-0.1, -0.05) is 44.5 Å². The Morgan fingerprint density at radius 2 is 2.05 bits per heavy atom. The molecule has 0 saturated heterocycles. The van der Waals surface area contributed by atoms with Crippen molar-refractivity contribution in [1.82, 2.24) is 0 Å². The smallest absolute Gasteiger partial charge is 0.162 e. The average molecular weight is 256 g/mol. The number of allylic oxidation sites excluding steroid dienone is 2. The molecule has 0 unspecified atom stereocenters. The van der Waals surface area contributed by atoms with Crippen molar-refractivity contribution in [1.29, 1.82) is 0 Å². The number of carbonyl (C=O) groups is 1. The van der Waals surface area contributed by atoms with Crippen LogP contribution in [-0.4, -0.2) is 5.78 Å². The molecule has 0 atom stereocenters. The summed E-state index contributed by atoms with van der Waals surface area (Å²) in [6.07, 6.45) is 7.02. The number of hydrogen-bond acceptors (Lipinski definition) is 1. The lowest BCUT2D eigenvalue weighted by molar-refractivity contribution is -0.114. The minimum absolute atomic E-state index is 0.196. The van der Waals surface area contributed by atoms with Gasteiger partial charge in [-0.05, 0) is 48.1 Å². The molecule has 0 N–H and O–H groups in total. The summed E-state index contributed by atoms with van der Waals surface area (Å²) < 4.78 is 0. The number of aryl methyl sites for hydroxylation is 2. The zero-order valence-corrected chi connectivity index (χ0v) is 12.3. The van der Waals surface area contributed by atoms with Crippen molar-refractivity contribution in [3.8, 4) is 0 Å². The standard InChI is InChI=1S/C18H24O/c1-5-9-16(18(19)10-6-2)13-17-14(4)11-8-12-15(17)7-3/h6,8,11-13H,2,5,7,9-10H2,1,3-4H3/b16-13+. The third-order valence-electron chi connectivity index (χ3n) is 3.32. The van der Waals surface area contributed by atoms with Gasteiger partial charge in [0.1, 0.15) is 0 Å². The summed E-state index contributed by atoms with van der Waals surface area (Å²) in [6.45, 7) is 10.0. The van der Waals surface area contributed by atoms with E-state index in [1.165, 1.54) is 16.7 Å². The van der Waals surface area contributed by atoms with E-state index in [0.29, 0.717) is 6.42 Å². The number of carbonyl (C=O) groups excluding carboxylic acids is 1. The van der Waals surface area contributed by atoms with Gasteiger partial charge >= 0.3 is 0 Å². The van der Waals surface area contributed by atoms with Crippen LogP contribution in [0.1, 0.15) is 49.8 Å². The van der Waals surface area contributed by atoms with E-state index in [4.69, 9.17) is 0 Å². The van der Waals surface area contributed by atoms with Gasteiger partial charge in [0.15, 0.2) is 5.78 Å². The Balaban J connectivity index is 3.21. The van der Waals surface area contributed by atoms with Gasteiger partial charge in [-0.2, -0.15) is 0 Å². The molecule has 0 aliphatic heterocycles. The molecule has 1 rings (SSSR count). The lowest BCUT2D eigenvalue weighted by atomic mass is 9.94. The van der Waals surface area contributed by atoms with E-state index in [0.717, 1.165) is 24.8 Å². The van der Waals surface area contributed by atoms with Gasteiger partial charge in [0.2, 0.25) is 0 Å². The maximum atomic E-state index is 12.1. The highest BCUT2D eigenvalue weighted by Crippen LogP contribution is 2.21. The summed E-state index contributed by atoms with van der Waals surface area (Å²) >= 11 is 0. The largest absolute Gasteiger partial charge is 0.294 e. The van der Waals surface area contributed by atoms with Crippen molar-refractivity contribution in [2.24, 2.45) is 0 Å². The zero-order chi connectivity index (χ0) is 14.3. The monoisotopic (exact) mass is 256 g/mol. The van der Waals surface area contributed by atoms with Gasteiger partial charge in [0.05, 0.1) is 0 Å². The number of benzene rings is 1. The predicted octanol–water partition coefficient (Wildman–Crippen LogP) is 4.89. The van der Waals surface area contributed by atoms with Crippen LogP contribution in [0.15, 0.2) is 36.4 Å². The first-order valence-corrected chi connectivity index (χ1v) is 7.07. The first kappa shape index (κ1) is 15.4. The molecule has 1 nitrogen and oxygen atoms in total. The second-order valence-electron chi connectivity index (χ2n) is 4.84. The first-order valence-electron chi connectivity index (χ1n) is 7.07. The molecule has 0 heterocycles. The number of ketones is 1. The highest BCUT2D eigenvalue weighted by Gasteiger charge is 2.09. The van der Waals surface area contributed by atoms with Crippen LogP contribution >= 0.6 is 0 Å². The van der Waals surface area contributed by atoms with E-state index in [2.05, 4.69) is 51.6 Å². The SMILES string of the molecule is C=CCC(=O)/C(=C/c1c(C)cccc1CC)CCC. The van der Waals surface area contributed by atoms with Gasteiger partial charge < -0.3 is 0 Å². The second-order valence-corrected chi connectivity index (χ2v) is 4.84. The summed E-state index contributed by atoms with van der Waals surface area (Å²) in [5.74, 6) is 0.196. The molecule has 0 radical (unpaired) electrons. The molecule has 0 aromatic heterocycles. The summed E-state index contributed by atoms with van der Waals surface area (Å²) in [5.41, 5.74) is 4.68. The van der Waals surface area contributed by atoms with E-state index < -0.39 is 0 Å². The fourth-order valence-electron chi connectivity index (χ4n) is 2.25. The number of Topliss-reactive ketones (excluding diaryl/α,β-unsaturated/α-hetero) is 1. The highest BCUT2D eigenvalue weighted by atomic mass is 16.1. The summed E-state index contributed by atoms with van der Waals surface area (Å²) in [7, 11) is 0. The van der Waals surface area contributed by atoms with E-state index in [1.807, 2.05) is 0 Å². The van der Waals surface area contributed by atoms with Crippen molar-refractivity contribution >= 4 is 11.9 Å². The molecular formula is C18H24O. The Morgan fingerprint density at radius 3 is 2.63 bits per heavy atom. The molecule has 1 aromatic rings. The Hall–Kier alpha value is -1.63. The van der Waals surface area contributed by atoms with Crippen LogP contribution in [0.5, 0.6) is 0 Å². The molecule has 0 spiro atoms. The van der Waals surface area contributed by atoms with Crippen molar-refractivity contribution in [3.05, 3.63) is 53.1 Å². The zero-order valence-electron chi connectivity index (χ0n) is 12.3. The predicted molar refractivity (Wildman–Crippen MR) is 83.3 cm³/mol. The molecular weight excluding hydrogens is 232 g/mol. The minimum atomic E-state index is 0.196. The van der Waals surface area contributed by atoms with E-state index in [1.54, 1.807) is 6.08 Å². The van der Waals surface area contributed by atoms with Gasteiger partial charge in [-0.3, -0.25) is 4.79 Å². The fraction of sp³-hybridized carbons (Fsp3) is 0.389. The third-order valence-corrected chi connectivity index (χ3v) is 3.32. The molecule has 0 amide bonds. The average Bonchev–Trinajstić information content (AvgIpc) is 2.40. The quantitative estimate of drug-likeness (QED) is 0.501. The molecule has 1 heteroatoms. The van der Waals surface area contributed by atoms with Crippen LogP contribution in [-0.2, 0) is 11.2 Å². The molecule has 0 bridgehead atoms. The molecule has 19 heavy (non-hydrogen) atoms. The molecule has 0 aliphatic rings. The Bertz CT molecular complexity index is 480. The summed E-state index contributed by atoms with van der Waals surface area (Å²) in [5, 5.41) is 0. The third kappa shape index (κ3) is 4.20. The van der Waals surface area contributed by atoms with E-state index in [-0.39, 0.29) is 5.78 Å². The summed E-state index contributed by atoms with van der Waals surface area (Å²) in [4.78, 5) is 12.1. The van der Waals surface area contributed by atoms with Gasteiger partial charge in [-0.25, -0.2) is 0 Å². The Labute approximate surface area is 117 Å². The van der Waals surface area contributed by atoms with Crippen LogP contribution in [0.25, 0.3) is 6.08 Å². The molecule has 0 fully saturated rings. The van der Waals surface area contributed by atoms with E-state index >= 15 is 0 Å². The topological polar surface area (TPSA) is 17.1 Å². The van der Waals surface area contributed by atoms with E-state index in [9.17, 15) is 4.79 Å². The van der Waals surface area contributed by atoms with Crippen molar-refractivity contribution < 1.29 is 4.79 Å². The Morgan fingerprint density at radius 1 is 1.32 bits per heavy atom. The van der Waals surface area contributed by atoms with Gasteiger partial charge in [0, 0.05) is 6.42 Å². The fourth-order valence-corrected chi connectivity index (χ4v) is 2.25. The number of hydrogen-bond donors (Lipinski definition) is 0. The number of rotatable bonds is 7. The van der Waals surface area contributed by atoms with Crippen molar-refractivity contribution in [3.63, 3.8) is 0 Å². The molecule has 1 aromatic carbocycles. The molecule has 0 aliphatic carbocycles. The van der Waals surface area contributed by atoms with Crippen LogP contribution in [0.2, 0.25) is 0 Å². The minimum Gasteiger partial charge on any atom is -0.294 e. The van der Waals surface area contributed by atoms with Crippen molar-refractivity contribution in [2.75, 3.05) is 0 Å². The first-order chi connectivity index (χ1) is 9.13. The van der Waals surface area contributed by atoms with Gasteiger partial charge in [-0.15, -0.1) is 6.58 Å². The maximum Gasteiger partial charge on any atom is 0.162 e. The lowest BCUT2D eigenvalue weighted by Gasteiger charge is -2.10. The van der Waals surface area contributed by atoms with Crippen LogP contribution in [0.4, 0.5) is 0 Å². The van der Waals surface area contributed by atoms with Crippen LogP contribution in [0, 0.1) is 6.92 Å². The molecule has 102 valence electrons. The lowest BCUT2D eigenvalue weighted by Crippen LogP contribution is -2.02. The summed E-state index contributed by atoms with van der Waals surface area (Å²) in [6, 6.07) is 6.32. The van der Waals surface area contributed by atoms with Crippen LogP contribution in [0.3, 0.4) is 0 Å². The maximum absolute atomic E-state index is 12.1.